The van der Waals surface area contributed by atoms with Gasteiger partial charge in [0.05, 0.1) is 0 Å². The predicted octanol–water partition coefficient (Wildman–Crippen LogP) is 1.87. The van der Waals surface area contributed by atoms with Gasteiger partial charge in [0.15, 0.2) is 0 Å². The molecule has 2 aliphatic heterocycles. The number of para-hydroxylation sites is 1. The van der Waals surface area contributed by atoms with Crippen LogP contribution in [0.25, 0.3) is 0 Å². The normalized spacial score (nSPS) is 22.7. The molecule has 1 aromatic rings. The molecule has 104 valence electrons. The van der Waals surface area contributed by atoms with E-state index in [0.29, 0.717) is 0 Å². The number of hydrogen-bond acceptors (Lipinski definition) is 3. The van der Waals surface area contributed by atoms with Crippen LogP contribution >= 0.6 is 0 Å². The first-order valence-corrected chi connectivity index (χ1v) is 7.60. The molecule has 2 saturated heterocycles. The van der Waals surface area contributed by atoms with Gasteiger partial charge >= 0.3 is 0 Å². The summed E-state index contributed by atoms with van der Waals surface area (Å²) in [7, 11) is 0. The van der Waals surface area contributed by atoms with Crippen molar-refractivity contribution in [1.82, 2.24) is 10.2 Å². The molecule has 0 amide bonds. The summed E-state index contributed by atoms with van der Waals surface area (Å²) in [4.78, 5) is 5.25. The van der Waals surface area contributed by atoms with Gasteiger partial charge in [-0.15, -0.1) is 0 Å². The number of hydrogen-bond donors (Lipinski definition) is 1. The summed E-state index contributed by atoms with van der Waals surface area (Å²) in [5, 5.41) is 3.44. The minimum Gasteiger partial charge on any atom is -0.371 e. The molecule has 0 unspecified atom stereocenters. The zero-order valence-electron chi connectivity index (χ0n) is 11.9. The molecule has 0 bridgehead atoms. The molecule has 3 heteroatoms. The average molecular weight is 259 g/mol. The first-order valence-electron chi connectivity index (χ1n) is 7.60. The van der Waals surface area contributed by atoms with Crippen LogP contribution in [0.1, 0.15) is 18.4 Å². The predicted molar refractivity (Wildman–Crippen MR) is 80.9 cm³/mol. The maximum Gasteiger partial charge on any atom is 0.0395 e. The van der Waals surface area contributed by atoms with E-state index in [1.54, 1.807) is 0 Å². The Balaban J connectivity index is 1.58. The molecular formula is C16H25N3. The number of anilines is 1. The van der Waals surface area contributed by atoms with E-state index in [4.69, 9.17) is 0 Å². The lowest BCUT2D eigenvalue weighted by Crippen LogP contribution is -2.52. The van der Waals surface area contributed by atoms with E-state index in [1.165, 1.54) is 50.3 Å². The fourth-order valence-electron chi connectivity index (χ4n) is 3.44. The van der Waals surface area contributed by atoms with Gasteiger partial charge in [0, 0.05) is 51.0 Å². The molecule has 2 fully saturated rings. The molecule has 0 aromatic heterocycles. The van der Waals surface area contributed by atoms with E-state index in [-0.39, 0.29) is 0 Å². The van der Waals surface area contributed by atoms with Crippen LogP contribution in [-0.2, 0) is 0 Å². The third-order valence-corrected chi connectivity index (χ3v) is 4.59. The first kappa shape index (κ1) is 12.9. The quantitative estimate of drug-likeness (QED) is 0.875. The highest BCUT2D eigenvalue weighted by Gasteiger charge is 2.25. The maximum absolute atomic E-state index is 3.44. The summed E-state index contributed by atoms with van der Waals surface area (Å²) in [5.41, 5.74) is 2.84. The second kappa shape index (κ2) is 5.93. The highest BCUT2D eigenvalue weighted by Crippen LogP contribution is 2.25. The maximum atomic E-state index is 3.44. The molecule has 2 heterocycles. The largest absolute Gasteiger partial charge is 0.371 e. The summed E-state index contributed by atoms with van der Waals surface area (Å²) in [5.74, 6) is 0. The molecule has 0 aliphatic carbocycles. The van der Waals surface area contributed by atoms with Crippen LogP contribution in [0.5, 0.6) is 0 Å². The molecule has 1 aromatic carbocycles. The van der Waals surface area contributed by atoms with Crippen LogP contribution in [0.4, 0.5) is 5.69 Å². The third kappa shape index (κ3) is 2.93. The molecule has 0 atom stereocenters. The number of rotatable bonds is 2. The summed E-state index contributed by atoms with van der Waals surface area (Å²) in [6.45, 7) is 9.43. The Morgan fingerprint density at radius 1 is 1.00 bits per heavy atom. The lowest BCUT2D eigenvalue weighted by Gasteiger charge is -2.41. The Bertz CT molecular complexity index is 404. The highest BCUT2D eigenvalue weighted by atomic mass is 15.2. The Morgan fingerprint density at radius 2 is 1.68 bits per heavy atom. The second-order valence-electron chi connectivity index (χ2n) is 5.79. The van der Waals surface area contributed by atoms with Crippen LogP contribution < -0.4 is 10.2 Å². The number of nitrogens with one attached hydrogen (secondary N) is 1. The highest BCUT2D eigenvalue weighted by molar-refractivity contribution is 5.53. The standard InChI is InChI=1S/C16H25N3/c1-14-4-2-3-5-16(14)19-10-6-15(7-11-19)18-12-8-17-9-13-18/h2-5,15,17H,6-13H2,1H3. The van der Waals surface area contributed by atoms with E-state index < -0.39 is 0 Å². The zero-order valence-corrected chi connectivity index (χ0v) is 11.9. The summed E-state index contributed by atoms with van der Waals surface area (Å²) >= 11 is 0. The fraction of sp³-hybridized carbons (Fsp3) is 0.625. The average Bonchev–Trinajstić information content (AvgIpc) is 2.49. The molecule has 0 spiro atoms. The molecule has 1 N–H and O–H groups in total. The van der Waals surface area contributed by atoms with Gasteiger partial charge in [0.2, 0.25) is 0 Å². The van der Waals surface area contributed by atoms with E-state index in [0.717, 1.165) is 19.1 Å². The van der Waals surface area contributed by atoms with Crippen LogP contribution in [0, 0.1) is 6.92 Å². The van der Waals surface area contributed by atoms with Gasteiger partial charge in [-0.05, 0) is 31.4 Å². The molecule has 19 heavy (non-hydrogen) atoms. The van der Waals surface area contributed by atoms with Crippen LogP contribution in [0.15, 0.2) is 24.3 Å². The number of nitrogens with zero attached hydrogens (tertiary/aromatic N) is 2. The number of piperidine rings is 1. The van der Waals surface area contributed by atoms with E-state index in [1.807, 2.05) is 0 Å². The van der Waals surface area contributed by atoms with E-state index in [9.17, 15) is 0 Å². The summed E-state index contributed by atoms with van der Waals surface area (Å²) < 4.78 is 0. The van der Waals surface area contributed by atoms with Crippen molar-refractivity contribution in [2.75, 3.05) is 44.2 Å². The Kier molecular flexibility index (Phi) is 4.04. The van der Waals surface area contributed by atoms with Gasteiger partial charge in [0.1, 0.15) is 0 Å². The number of piperazine rings is 1. The number of aryl methyl sites for hydroxylation is 1. The van der Waals surface area contributed by atoms with Gasteiger partial charge in [0.25, 0.3) is 0 Å². The van der Waals surface area contributed by atoms with Crippen molar-refractivity contribution in [2.45, 2.75) is 25.8 Å². The van der Waals surface area contributed by atoms with Gasteiger partial charge in [-0.1, -0.05) is 18.2 Å². The summed E-state index contributed by atoms with van der Waals surface area (Å²) in [6.07, 6.45) is 2.63. The van der Waals surface area contributed by atoms with Gasteiger partial charge in [-0.3, -0.25) is 4.90 Å². The molecule has 3 rings (SSSR count). The molecule has 0 radical (unpaired) electrons. The van der Waals surface area contributed by atoms with Gasteiger partial charge in [-0.2, -0.15) is 0 Å². The Morgan fingerprint density at radius 3 is 2.37 bits per heavy atom. The lowest BCUT2D eigenvalue weighted by molar-refractivity contribution is 0.150. The van der Waals surface area contributed by atoms with E-state index >= 15 is 0 Å². The smallest absolute Gasteiger partial charge is 0.0395 e. The minimum atomic E-state index is 0.808. The first-order chi connectivity index (χ1) is 9.34. The fourth-order valence-corrected chi connectivity index (χ4v) is 3.44. The Hall–Kier alpha value is -1.06. The monoisotopic (exact) mass is 259 g/mol. The van der Waals surface area contributed by atoms with Crippen LogP contribution in [0.2, 0.25) is 0 Å². The molecular weight excluding hydrogens is 234 g/mol. The van der Waals surface area contributed by atoms with Crippen molar-refractivity contribution in [3.05, 3.63) is 29.8 Å². The van der Waals surface area contributed by atoms with Crippen molar-refractivity contribution >= 4 is 5.69 Å². The third-order valence-electron chi connectivity index (χ3n) is 4.59. The lowest BCUT2D eigenvalue weighted by atomic mass is 10.0. The van der Waals surface area contributed by atoms with Crippen molar-refractivity contribution in [2.24, 2.45) is 0 Å². The van der Waals surface area contributed by atoms with Crippen molar-refractivity contribution in [3.63, 3.8) is 0 Å². The number of benzene rings is 1. The van der Waals surface area contributed by atoms with Crippen LogP contribution in [0.3, 0.4) is 0 Å². The Labute approximate surface area is 116 Å². The minimum absolute atomic E-state index is 0.808. The molecule has 3 nitrogen and oxygen atoms in total. The van der Waals surface area contributed by atoms with Crippen molar-refractivity contribution in [3.8, 4) is 0 Å². The SMILES string of the molecule is Cc1ccccc1N1CCC(N2CCNCC2)CC1. The van der Waals surface area contributed by atoms with Crippen molar-refractivity contribution < 1.29 is 0 Å². The topological polar surface area (TPSA) is 18.5 Å². The van der Waals surface area contributed by atoms with Gasteiger partial charge < -0.3 is 10.2 Å². The van der Waals surface area contributed by atoms with Crippen LogP contribution in [-0.4, -0.2) is 50.2 Å². The van der Waals surface area contributed by atoms with Crippen molar-refractivity contribution in [1.29, 1.82) is 0 Å². The zero-order chi connectivity index (χ0) is 13.1. The second-order valence-corrected chi connectivity index (χ2v) is 5.79. The van der Waals surface area contributed by atoms with Gasteiger partial charge in [-0.25, -0.2) is 0 Å². The van der Waals surface area contributed by atoms with E-state index in [2.05, 4.69) is 46.3 Å². The molecule has 0 saturated carbocycles. The summed E-state index contributed by atoms with van der Waals surface area (Å²) in [6, 6.07) is 9.58. The molecule has 2 aliphatic rings.